The summed E-state index contributed by atoms with van der Waals surface area (Å²) >= 11 is 1.25. The molecular formula is C15H16N2O3S. The second kappa shape index (κ2) is 6.05. The van der Waals surface area contributed by atoms with Crippen LogP contribution in [-0.4, -0.2) is 16.4 Å². The zero-order valence-electron chi connectivity index (χ0n) is 12.3. The topological polar surface area (TPSA) is 60.7 Å². The molecule has 0 unspecified atom stereocenters. The third-order valence-corrected chi connectivity index (χ3v) is 3.62. The van der Waals surface area contributed by atoms with Crippen LogP contribution in [0.4, 0.5) is 5.69 Å². The highest BCUT2D eigenvalue weighted by Gasteiger charge is 2.12. The van der Waals surface area contributed by atoms with E-state index >= 15 is 0 Å². The van der Waals surface area contributed by atoms with Crippen molar-refractivity contribution in [3.63, 3.8) is 0 Å². The highest BCUT2D eigenvalue weighted by molar-refractivity contribution is 7.07. The molecule has 0 N–H and O–H groups in total. The van der Waals surface area contributed by atoms with E-state index in [-0.39, 0.29) is 11.8 Å². The quantitative estimate of drug-likeness (QED) is 0.801. The first-order valence-electron chi connectivity index (χ1n) is 6.40. The lowest BCUT2D eigenvalue weighted by Crippen LogP contribution is -2.22. The van der Waals surface area contributed by atoms with E-state index in [2.05, 4.69) is 4.99 Å². The first kappa shape index (κ1) is 15.2. The van der Waals surface area contributed by atoms with Crippen molar-refractivity contribution >= 4 is 28.9 Å². The molecule has 0 aliphatic heterocycles. The molecular weight excluding hydrogens is 288 g/mol. The standard InChI is InChI=1S/C15H16N2O3S/c1-9-5-6-10(2)13(7-9)16-15-17(11(3)18)14(8-21-15)20-12(4)19/h5-8H,1-4H3. The van der Waals surface area contributed by atoms with Gasteiger partial charge in [0, 0.05) is 13.8 Å². The van der Waals surface area contributed by atoms with Gasteiger partial charge in [-0.2, -0.15) is 0 Å². The van der Waals surface area contributed by atoms with Crippen molar-refractivity contribution in [3.8, 4) is 5.88 Å². The maximum absolute atomic E-state index is 11.8. The number of esters is 1. The van der Waals surface area contributed by atoms with E-state index < -0.39 is 5.97 Å². The fourth-order valence-electron chi connectivity index (χ4n) is 1.83. The van der Waals surface area contributed by atoms with Gasteiger partial charge in [0.05, 0.1) is 11.1 Å². The molecule has 0 saturated carbocycles. The Morgan fingerprint density at radius 3 is 2.57 bits per heavy atom. The number of hydrogen-bond acceptors (Lipinski definition) is 5. The van der Waals surface area contributed by atoms with Gasteiger partial charge in [0.1, 0.15) is 0 Å². The molecule has 0 amide bonds. The number of carbonyl (C=O) groups is 2. The molecule has 0 atom stereocenters. The number of carbonyl (C=O) groups excluding carboxylic acids is 2. The maximum atomic E-state index is 11.8. The van der Waals surface area contributed by atoms with Crippen molar-refractivity contribution in [1.82, 2.24) is 4.57 Å². The zero-order valence-corrected chi connectivity index (χ0v) is 13.2. The Balaban J connectivity index is 2.60. The number of thiazole rings is 1. The molecule has 0 fully saturated rings. The first-order chi connectivity index (χ1) is 9.88. The molecule has 0 radical (unpaired) electrons. The Kier molecular flexibility index (Phi) is 4.37. The Morgan fingerprint density at radius 1 is 1.24 bits per heavy atom. The largest absolute Gasteiger partial charge is 0.408 e. The summed E-state index contributed by atoms with van der Waals surface area (Å²) in [5.74, 6) is -0.526. The van der Waals surface area contributed by atoms with Gasteiger partial charge in [-0.25, -0.2) is 9.56 Å². The van der Waals surface area contributed by atoms with E-state index in [1.807, 2.05) is 32.0 Å². The highest BCUT2D eigenvalue weighted by atomic mass is 32.1. The lowest BCUT2D eigenvalue weighted by Gasteiger charge is -2.04. The van der Waals surface area contributed by atoms with E-state index in [9.17, 15) is 9.59 Å². The summed E-state index contributed by atoms with van der Waals surface area (Å²) in [6.07, 6.45) is 0. The summed E-state index contributed by atoms with van der Waals surface area (Å²) in [5, 5.41) is 1.60. The molecule has 0 aliphatic rings. The van der Waals surface area contributed by atoms with Crippen LogP contribution < -0.4 is 9.54 Å². The van der Waals surface area contributed by atoms with Gasteiger partial charge in [-0.1, -0.05) is 12.1 Å². The van der Waals surface area contributed by atoms with Gasteiger partial charge in [-0.3, -0.25) is 9.59 Å². The third kappa shape index (κ3) is 3.46. The number of rotatable bonds is 2. The Morgan fingerprint density at radius 2 is 1.95 bits per heavy atom. The molecule has 110 valence electrons. The predicted molar refractivity (Wildman–Crippen MR) is 81.1 cm³/mol. The number of ether oxygens (including phenoxy) is 1. The van der Waals surface area contributed by atoms with E-state index in [0.717, 1.165) is 16.8 Å². The Labute approximate surface area is 126 Å². The number of aryl methyl sites for hydroxylation is 2. The van der Waals surface area contributed by atoms with Crippen molar-refractivity contribution in [3.05, 3.63) is 39.5 Å². The molecule has 1 heterocycles. The fraction of sp³-hybridized carbons (Fsp3) is 0.267. The maximum Gasteiger partial charge on any atom is 0.309 e. The minimum atomic E-state index is -0.471. The minimum absolute atomic E-state index is 0.198. The number of hydrogen-bond donors (Lipinski definition) is 0. The first-order valence-corrected chi connectivity index (χ1v) is 7.28. The molecule has 2 aromatic rings. The summed E-state index contributed by atoms with van der Waals surface area (Å²) in [5.41, 5.74) is 2.89. The molecule has 21 heavy (non-hydrogen) atoms. The molecule has 6 heteroatoms. The molecule has 5 nitrogen and oxygen atoms in total. The number of benzene rings is 1. The summed E-state index contributed by atoms with van der Waals surface area (Å²) in [6, 6.07) is 5.93. The van der Waals surface area contributed by atoms with Crippen LogP contribution in [-0.2, 0) is 4.79 Å². The number of aromatic nitrogens is 1. The molecule has 1 aromatic carbocycles. The predicted octanol–water partition coefficient (Wildman–Crippen LogP) is 2.98. The van der Waals surface area contributed by atoms with Gasteiger partial charge in [0.25, 0.3) is 0 Å². The smallest absolute Gasteiger partial charge is 0.309 e. The average molecular weight is 304 g/mol. The summed E-state index contributed by atoms with van der Waals surface area (Å²) in [7, 11) is 0. The molecule has 0 spiro atoms. The van der Waals surface area contributed by atoms with E-state index in [1.54, 1.807) is 5.38 Å². The van der Waals surface area contributed by atoms with Gasteiger partial charge in [0.2, 0.25) is 11.8 Å². The van der Waals surface area contributed by atoms with Crippen LogP contribution in [0.3, 0.4) is 0 Å². The summed E-state index contributed by atoms with van der Waals surface area (Å²) in [4.78, 5) is 27.9. The van der Waals surface area contributed by atoms with Crippen molar-refractivity contribution in [2.75, 3.05) is 0 Å². The van der Waals surface area contributed by atoms with Crippen molar-refractivity contribution < 1.29 is 14.3 Å². The van der Waals surface area contributed by atoms with Crippen LogP contribution in [0.25, 0.3) is 0 Å². The second-order valence-electron chi connectivity index (χ2n) is 4.71. The van der Waals surface area contributed by atoms with E-state index in [0.29, 0.717) is 4.80 Å². The Hall–Kier alpha value is -2.21. The van der Waals surface area contributed by atoms with Crippen LogP contribution in [0, 0.1) is 13.8 Å². The number of nitrogens with zero attached hydrogens (tertiary/aromatic N) is 2. The van der Waals surface area contributed by atoms with Crippen molar-refractivity contribution in [1.29, 1.82) is 0 Å². The van der Waals surface area contributed by atoms with Gasteiger partial charge in [-0.05, 0) is 31.0 Å². The van der Waals surface area contributed by atoms with Crippen LogP contribution in [0.5, 0.6) is 5.88 Å². The fourth-order valence-corrected chi connectivity index (χ4v) is 2.66. The normalized spacial score (nSPS) is 11.5. The summed E-state index contributed by atoms with van der Waals surface area (Å²) < 4.78 is 6.33. The average Bonchev–Trinajstić information content (AvgIpc) is 2.76. The van der Waals surface area contributed by atoms with Gasteiger partial charge in [-0.15, -0.1) is 11.3 Å². The third-order valence-electron chi connectivity index (χ3n) is 2.82. The minimum Gasteiger partial charge on any atom is -0.408 e. The highest BCUT2D eigenvalue weighted by Crippen LogP contribution is 2.20. The molecule has 0 bridgehead atoms. The monoisotopic (exact) mass is 304 g/mol. The summed E-state index contributed by atoms with van der Waals surface area (Å²) in [6.45, 7) is 6.64. The lowest BCUT2D eigenvalue weighted by atomic mass is 10.1. The van der Waals surface area contributed by atoms with Gasteiger partial charge >= 0.3 is 5.97 Å². The molecule has 2 rings (SSSR count). The van der Waals surface area contributed by atoms with Crippen LogP contribution in [0.15, 0.2) is 28.6 Å². The van der Waals surface area contributed by atoms with Gasteiger partial charge in [0.15, 0.2) is 4.80 Å². The Bertz CT molecular complexity index is 771. The molecule has 0 aliphatic carbocycles. The molecule has 1 aromatic heterocycles. The lowest BCUT2D eigenvalue weighted by molar-refractivity contribution is -0.132. The molecule has 0 saturated heterocycles. The van der Waals surface area contributed by atoms with Crippen LogP contribution in [0.2, 0.25) is 0 Å². The SMILES string of the molecule is CC(=O)Oc1csc(=Nc2cc(C)ccc2C)n1C(C)=O. The van der Waals surface area contributed by atoms with Gasteiger partial charge < -0.3 is 4.74 Å². The van der Waals surface area contributed by atoms with E-state index in [4.69, 9.17) is 4.74 Å². The van der Waals surface area contributed by atoms with E-state index in [1.165, 1.54) is 29.8 Å². The van der Waals surface area contributed by atoms with Crippen LogP contribution in [0.1, 0.15) is 29.8 Å². The second-order valence-corrected chi connectivity index (χ2v) is 5.54. The zero-order chi connectivity index (χ0) is 15.6. The van der Waals surface area contributed by atoms with Crippen LogP contribution >= 0.6 is 11.3 Å². The van der Waals surface area contributed by atoms with Crippen molar-refractivity contribution in [2.45, 2.75) is 27.7 Å². The van der Waals surface area contributed by atoms with Crippen molar-refractivity contribution in [2.24, 2.45) is 4.99 Å².